The van der Waals surface area contributed by atoms with Gasteiger partial charge in [-0.15, -0.1) is 0 Å². The average molecular weight is 327 g/mol. The Bertz CT molecular complexity index is 871. The fourth-order valence-electron chi connectivity index (χ4n) is 3.97. The SMILES string of the molecule is CC(C)c1cccc(N2c3ccccc3C(C)(C)c3ccccc32)c1. The number of fused-ring (bicyclic) bond motifs is 2. The minimum absolute atomic E-state index is 0.000650. The molecule has 25 heavy (non-hydrogen) atoms. The van der Waals surface area contributed by atoms with E-state index in [9.17, 15) is 0 Å². The Morgan fingerprint density at radius 3 is 1.84 bits per heavy atom. The van der Waals surface area contributed by atoms with Crippen LogP contribution >= 0.6 is 0 Å². The summed E-state index contributed by atoms with van der Waals surface area (Å²) in [6.07, 6.45) is 0. The maximum atomic E-state index is 2.42. The molecule has 0 saturated carbocycles. The Balaban J connectivity index is 1.99. The van der Waals surface area contributed by atoms with E-state index in [2.05, 4.69) is 105 Å². The molecule has 4 rings (SSSR count). The van der Waals surface area contributed by atoms with Crippen molar-refractivity contribution in [3.8, 4) is 0 Å². The Labute approximate surface area is 150 Å². The first-order valence-electron chi connectivity index (χ1n) is 9.09. The minimum atomic E-state index is -0.000650. The molecule has 0 unspecified atom stereocenters. The van der Waals surface area contributed by atoms with E-state index in [-0.39, 0.29) is 5.41 Å². The van der Waals surface area contributed by atoms with E-state index in [1.807, 2.05) is 0 Å². The van der Waals surface area contributed by atoms with E-state index in [1.165, 1.54) is 33.8 Å². The minimum Gasteiger partial charge on any atom is -0.310 e. The Kier molecular flexibility index (Phi) is 3.68. The fraction of sp³-hybridized carbons (Fsp3) is 0.250. The van der Waals surface area contributed by atoms with Gasteiger partial charge in [0.1, 0.15) is 0 Å². The molecule has 0 radical (unpaired) electrons. The van der Waals surface area contributed by atoms with Crippen LogP contribution in [0.5, 0.6) is 0 Å². The normalized spacial score (nSPS) is 15.0. The topological polar surface area (TPSA) is 3.24 Å². The highest BCUT2D eigenvalue weighted by molar-refractivity contribution is 5.85. The van der Waals surface area contributed by atoms with E-state index >= 15 is 0 Å². The lowest BCUT2D eigenvalue weighted by Crippen LogP contribution is -2.30. The molecule has 0 N–H and O–H groups in total. The zero-order chi connectivity index (χ0) is 17.6. The second-order valence-corrected chi connectivity index (χ2v) is 7.74. The van der Waals surface area contributed by atoms with Crippen molar-refractivity contribution in [1.29, 1.82) is 0 Å². The second-order valence-electron chi connectivity index (χ2n) is 7.74. The van der Waals surface area contributed by atoms with Crippen LogP contribution in [0, 0.1) is 0 Å². The number of benzene rings is 3. The lowest BCUT2D eigenvalue weighted by Gasteiger charge is -2.42. The third-order valence-electron chi connectivity index (χ3n) is 5.43. The molecule has 0 fully saturated rings. The Hall–Kier alpha value is -2.54. The van der Waals surface area contributed by atoms with Crippen LogP contribution in [0.4, 0.5) is 17.1 Å². The average Bonchev–Trinajstić information content (AvgIpc) is 2.62. The standard InChI is InChI=1S/C24H25N/c1-17(2)18-10-9-11-19(16-18)25-22-14-7-5-12-20(22)24(3,4)21-13-6-8-15-23(21)25/h5-17H,1-4H3. The lowest BCUT2D eigenvalue weighted by molar-refractivity contribution is 0.632. The molecule has 0 spiro atoms. The van der Waals surface area contributed by atoms with Gasteiger partial charge in [-0.25, -0.2) is 0 Å². The highest BCUT2D eigenvalue weighted by Crippen LogP contribution is 2.51. The van der Waals surface area contributed by atoms with Gasteiger partial charge in [0.2, 0.25) is 0 Å². The molecule has 0 amide bonds. The molecule has 0 bridgehead atoms. The van der Waals surface area contributed by atoms with Crippen molar-refractivity contribution in [3.05, 3.63) is 89.5 Å². The summed E-state index contributed by atoms with van der Waals surface area (Å²) in [6.45, 7) is 9.15. The smallest absolute Gasteiger partial charge is 0.0502 e. The molecule has 3 aromatic rings. The Morgan fingerprint density at radius 1 is 0.720 bits per heavy atom. The fourth-order valence-corrected chi connectivity index (χ4v) is 3.97. The number of anilines is 3. The van der Waals surface area contributed by atoms with Crippen molar-refractivity contribution in [3.63, 3.8) is 0 Å². The largest absolute Gasteiger partial charge is 0.310 e. The van der Waals surface area contributed by atoms with E-state index in [0.717, 1.165) is 0 Å². The number of hydrogen-bond donors (Lipinski definition) is 0. The predicted octanol–water partition coefficient (Wildman–Crippen LogP) is 6.92. The quantitative estimate of drug-likeness (QED) is 0.494. The van der Waals surface area contributed by atoms with Crippen molar-refractivity contribution in [1.82, 2.24) is 0 Å². The van der Waals surface area contributed by atoms with Gasteiger partial charge in [0, 0.05) is 11.1 Å². The third kappa shape index (κ3) is 2.46. The van der Waals surface area contributed by atoms with Crippen molar-refractivity contribution < 1.29 is 0 Å². The number of hydrogen-bond acceptors (Lipinski definition) is 1. The number of nitrogens with zero attached hydrogens (tertiary/aromatic N) is 1. The van der Waals surface area contributed by atoms with Gasteiger partial charge in [0.15, 0.2) is 0 Å². The zero-order valence-corrected chi connectivity index (χ0v) is 15.5. The molecule has 0 aromatic heterocycles. The molecule has 0 saturated heterocycles. The molecular weight excluding hydrogens is 302 g/mol. The van der Waals surface area contributed by atoms with Gasteiger partial charge in [-0.1, -0.05) is 76.2 Å². The molecule has 0 atom stereocenters. The van der Waals surface area contributed by atoms with Gasteiger partial charge in [-0.05, 0) is 46.9 Å². The summed E-state index contributed by atoms with van der Waals surface area (Å²) in [4.78, 5) is 2.42. The second kappa shape index (κ2) is 5.77. The van der Waals surface area contributed by atoms with Crippen molar-refractivity contribution >= 4 is 17.1 Å². The molecule has 0 aliphatic carbocycles. The van der Waals surface area contributed by atoms with Gasteiger partial charge in [-0.3, -0.25) is 0 Å². The summed E-state index contributed by atoms with van der Waals surface area (Å²) >= 11 is 0. The summed E-state index contributed by atoms with van der Waals surface area (Å²) in [5.41, 5.74) is 7.93. The highest BCUT2D eigenvalue weighted by atomic mass is 15.2. The van der Waals surface area contributed by atoms with Gasteiger partial charge >= 0.3 is 0 Å². The van der Waals surface area contributed by atoms with Crippen molar-refractivity contribution in [2.75, 3.05) is 4.90 Å². The molecule has 1 heteroatoms. The monoisotopic (exact) mass is 327 g/mol. The van der Waals surface area contributed by atoms with Crippen LogP contribution in [0.3, 0.4) is 0 Å². The van der Waals surface area contributed by atoms with Crippen LogP contribution in [0.15, 0.2) is 72.8 Å². The summed E-state index contributed by atoms with van der Waals surface area (Å²) in [5.74, 6) is 0.520. The maximum absolute atomic E-state index is 2.42. The van der Waals surface area contributed by atoms with Crippen LogP contribution in [-0.2, 0) is 5.41 Å². The molecule has 1 nitrogen and oxygen atoms in total. The van der Waals surface area contributed by atoms with E-state index in [4.69, 9.17) is 0 Å². The summed E-state index contributed by atoms with van der Waals surface area (Å²) in [7, 11) is 0. The van der Waals surface area contributed by atoms with Gasteiger partial charge < -0.3 is 4.90 Å². The van der Waals surface area contributed by atoms with Crippen LogP contribution in [0.25, 0.3) is 0 Å². The van der Waals surface area contributed by atoms with Gasteiger partial charge in [0.05, 0.1) is 11.4 Å². The highest BCUT2D eigenvalue weighted by Gasteiger charge is 2.36. The molecule has 1 aliphatic rings. The van der Waals surface area contributed by atoms with Crippen LogP contribution < -0.4 is 4.90 Å². The first-order chi connectivity index (χ1) is 12.0. The van der Waals surface area contributed by atoms with Crippen molar-refractivity contribution in [2.45, 2.75) is 39.0 Å². The number of rotatable bonds is 2. The first kappa shape index (κ1) is 16.0. The van der Waals surface area contributed by atoms with Gasteiger partial charge in [0.25, 0.3) is 0 Å². The number of para-hydroxylation sites is 2. The van der Waals surface area contributed by atoms with E-state index in [1.54, 1.807) is 0 Å². The van der Waals surface area contributed by atoms with Crippen LogP contribution in [-0.4, -0.2) is 0 Å². The predicted molar refractivity (Wildman–Crippen MR) is 107 cm³/mol. The molecule has 1 heterocycles. The van der Waals surface area contributed by atoms with E-state index < -0.39 is 0 Å². The molecule has 3 aromatic carbocycles. The summed E-state index contributed by atoms with van der Waals surface area (Å²) in [5, 5.41) is 0. The lowest BCUT2D eigenvalue weighted by atomic mass is 9.73. The molecule has 1 aliphatic heterocycles. The summed E-state index contributed by atoms with van der Waals surface area (Å²) < 4.78 is 0. The molecular formula is C24H25N. The van der Waals surface area contributed by atoms with E-state index in [0.29, 0.717) is 5.92 Å². The third-order valence-corrected chi connectivity index (χ3v) is 5.43. The maximum Gasteiger partial charge on any atom is 0.0502 e. The van der Waals surface area contributed by atoms with Crippen molar-refractivity contribution in [2.24, 2.45) is 0 Å². The first-order valence-corrected chi connectivity index (χ1v) is 9.09. The van der Waals surface area contributed by atoms with Gasteiger partial charge in [-0.2, -0.15) is 0 Å². The Morgan fingerprint density at radius 2 is 1.28 bits per heavy atom. The van der Waals surface area contributed by atoms with Crippen LogP contribution in [0.1, 0.15) is 50.3 Å². The summed E-state index contributed by atoms with van der Waals surface area (Å²) in [6, 6.07) is 26.6. The molecule has 126 valence electrons. The zero-order valence-electron chi connectivity index (χ0n) is 15.5. The van der Waals surface area contributed by atoms with Crippen LogP contribution in [0.2, 0.25) is 0 Å².